The summed E-state index contributed by atoms with van der Waals surface area (Å²) in [6.07, 6.45) is 1.07. The number of alkyl halides is 2. The van der Waals surface area contributed by atoms with Gasteiger partial charge in [-0.05, 0) is 55.1 Å². The number of hydrogen-bond donors (Lipinski definition) is 1. The Morgan fingerprint density at radius 3 is 2.39 bits per heavy atom. The van der Waals surface area contributed by atoms with Crippen LogP contribution in [-0.2, 0) is 14.8 Å². The fourth-order valence-electron chi connectivity index (χ4n) is 2.15. The van der Waals surface area contributed by atoms with Gasteiger partial charge in [0.05, 0.1) is 11.8 Å². The van der Waals surface area contributed by atoms with Crippen LogP contribution < -0.4 is 4.72 Å². The summed E-state index contributed by atoms with van der Waals surface area (Å²) in [5, 5.41) is -0.196. The first-order valence-electron chi connectivity index (χ1n) is 7.79. The number of ether oxygens (including phenoxy) is 1. The second-order valence-electron chi connectivity index (χ2n) is 5.60. The summed E-state index contributed by atoms with van der Waals surface area (Å²) in [6, 6.07) is 8.21. The van der Waals surface area contributed by atoms with E-state index in [1.807, 2.05) is 0 Å². The van der Waals surface area contributed by atoms with Crippen LogP contribution in [-0.4, -0.2) is 43.3 Å². The monoisotopic (exact) mass is 430 g/mol. The molecule has 0 radical (unpaired) electrons. The number of ketones is 1. The Bertz CT molecular complexity index is 966. The van der Waals surface area contributed by atoms with E-state index in [0.29, 0.717) is 0 Å². The summed E-state index contributed by atoms with van der Waals surface area (Å²) >= 11 is 0.105. The van der Waals surface area contributed by atoms with E-state index in [-0.39, 0.29) is 33.6 Å². The van der Waals surface area contributed by atoms with Gasteiger partial charge in [0.1, 0.15) is 5.03 Å². The smallest absolute Gasteiger partial charge is 0.341 e. The topological polar surface area (TPSA) is 102 Å². The minimum atomic E-state index is -3.45. The SMILES string of the molecule is C[C@H](OC(=O)c1cccnc1SC(F)F)C(=O)c1ccc(NS(C)(=O)=O)cc1. The third kappa shape index (κ3) is 6.27. The normalized spacial score (nSPS) is 12.5. The lowest BCUT2D eigenvalue weighted by molar-refractivity contribution is 0.0314. The zero-order chi connectivity index (χ0) is 20.9. The lowest BCUT2D eigenvalue weighted by atomic mass is 10.1. The number of carbonyl (C=O) groups is 2. The average Bonchev–Trinajstić information content (AvgIpc) is 2.60. The molecule has 0 saturated carbocycles. The summed E-state index contributed by atoms with van der Waals surface area (Å²) in [6.45, 7) is 1.35. The Labute approximate surface area is 164 Å². The van der Waals surface area contributed by atoms with Crippen LogP contribution >= 0.6 is 11.8 Å². The zero-order valence-electron chi connectivity index (χ0n) is 14.8. The fraction of sp³-hybridized carbons (Fsp3) is 0.235. The highest BCUT2D eigenvalue weighted by Crippen LogP contribution is 2.27. The first kappa shape index (κ1) is 21.8. The highest BCUT2D eigenvalue weighted by molar-refractivity contribution is 7.99. The van der Waals surface area contributed by atoms with Gasteiger partial charge in [0.25, 0.3) is 5.76 Å². The average molecular weight is 430 g/mol. The molecule has 0 fully saturated rings. The molecule has 0 aliphatic heterocycles. The van der Waals surface area contributed by atoms with Crippen LogP contribution in [0.1, 0.15) is 27.6 Å². The van der Waals surface area contributed by atoms with Crippen molar-refractivity contribution in [2.24, 2.45) is 0 Å². The maximum atomic E-state index is 12.6. The van der Waals surface area contributed by atoms with Crippen molar-refractivity contribution >= 4 is 39.2 Å². The Balaban J connectivity index is 2.09. The van der Waals surface area contributed by atoms with Crippen molar-refractivity contribution in [3.63, 3.8) is 0 Å². The van der Waals surface area contributed by atoms with E-state index < -0.39 is 33.6 Å². The van der Waals surface area contributed by atoms with E-state index in [9.17, 15) is 26.8 Å². The van der Waals surface area contributed by atoms with Crippen LogP contribution in [0, 0.1) is 0 Å². The summed E-state index contributed by atoms with van der Waals surface area (Å²) < 4.78 is 54.9. The van der Waals surface area contributed by atoms with Gasteiger partial charge >= 0.3 is 5.97 Å². The number of anilines is 1. The van der Waals surface area contributed by atoms with Gasteiger partial charge in [0.2, 0.25) is 15.8 Å². The van der Waals surface area contributed by atoms with Crippen molar-refractivity contribution in [1.82, 2.24) is 4.98 Å². The quantitative estimate of drug-likeness (QED) is 0.390. The maximum Gasteiger partial charge on any atom is 0.341 e. The molecule has 7 nitrogen and oxygen atoms in total. The predicted molar refractivity (Wildman–Crippen MR) is 100 cm³/mol. The second kappa shape index (κ2) is 9.11. The lowest BCUT2D eigenvalue weighted by Crippen LogP contribution is -2.25. The Morgan fingerprint density at radius 2 is 1.82 bits per heavy atom. The molecule has 2 aromatic rings. The summed E-state index contributed by atoms with van der Waals surface area (Å²) in [4.78, 5) is 28.4. The molecule has 1 N–H and O–H groups in total. The molecule has 1 heterocycles. The third-order valence-corrected chi connectivity index (χ3v) is 4.65. The second-order valence-corrected chi connectivity index (χ2v) is 8.33. The van der Waals surface area contributed by atoms with Crippen molar-refractivity contribution in [2.45, 2.75) is 23.8 Å². The molecule has 0 amide bonds. The standard InChI is InChI=1S/C17H16F2N2O5S2/c1-10(14(22)11-5-7-12(8-6-11)21-28(2,24)25)26-16(23)13-4-3-9-20-15(13)27-17(18)19/h3-10,17,21H,1-2H3/t10-/m0/s1. The summed E-state index contributed by atoms with van der Waals surface area (Å²) in [5.74, 6) is -4.25. The minimum absolute atomic E-state index is 0.105. The van der Waals surface area contributed by atoms with Crippen LogP contribution in [0.15, 0.2) is 47.6 Å². The number of esters is 1. The number of hydrogen-bond acceptors (Lipinski definition) is 7. The highest BCUT2D eigenvalue weighted by Gasteiger charge is 2.23. The van der Waals surface area contributed by atoms with Crippen LogP contribution in [0.4, 0.5) is 14.5 Å². The molecule has 28 heavy (non-hydrogen) atoms. The molecular weight excluding hydrogens is 414 g/mol. The number of pyridine rings is 1. The number of thioether (sulfide) groups is 1. The molecular formula is C17H16F2N2O5S2. The molecule has 1 aromatic carbocycles. The van der Waals surface area contributed by atoms with Gasteiger partial charge in [0.15, 0.2) is 6.10 Å². The van der Waals surface area contributed by atoms with Crippen LogP contribution in [0.3, 0.4) is 0 Å². The Hall–Kier alpha value is -2.53. The van der Waals surface area contributed by atoms with E-state index in [2.05, 4.69) is 9.71 Å². The first-order valence-corrected chi connectivity index (χ1v) is 10.6. The first-order chi connectivity index (χ1) is 13.1. The molecule has 2 rings (SSSR count). The molecule has 0 bridgehead atoms. The van der Waals surface area contributed by atoms with E-state index in [1.165, 1.54) is 49.5 Å². The number of carbonyl (C=O) groups excluding carboxylic acids is 2. The van der Waals surface area contributed by atoms with E-state index >= 15 is 0 Å². The van der Waals surface area contributed by atoms with Gasteiger partial charge in [-0.2, -0.15) is 8.78 Å². The van der Waals surface area contributed by atoms with Crippen molar-refractivity contribution in [3.05, 3.63) is 53.7 Å². The molecule has 0 unspecified atom stereocenters. The Morgan fingerprint density at radius 1 is 1.18 bits per heavy atom. The van der Waals surface area contributed by atoms with Gasteiger partial charge < -0.3 is 4.74 Å². The lowest BCUT2D eigenvalue weighted by Gasteiger charge is -2.14. The molecule has 0 aliphatic carbocycles. The van der Waals surface area contributed by atoms with Crippen molar-refractivity contribution in [3.8, 4) is 0 Å². The number of Topliss-reactive ketones (excluding diaryl/α,β-unsaturated/α-hetero) is 1. The number of benzene rings is 1. The molecule has 0 spiro atoms. The molecule has 1 aromatic heterocycles. The molecule has 150 valence electrons. The van der Waals surface area contributed by atoms with Gasteiger partial charge in [-0.3, -0.25) is 9.52 Å². The number of halogens is 2. The van der Waals surface area contributed by atoms with Crippen LogP contribution in [0.2, 0.25) is 0 Å². The van der Waals surface area contributed by atoms with Crippen LogP contribution in [0.25, 0.3) is 0 Å². The molecule has 11 heteroatoms. The van der Waals surface area contributed by atoms with E-state index in [0.717, 1.165) is 6.26 Å². The zero-order valence-corrected chi connectivity index (χ0v) is 16.4. The fourth-order valence-corrected chi connectivity index (χ4v) is 3.29. The van der Waals surface area contributed by atoms with Gasteiger partial charge in [-0.15, -0.1) is 0 Å². The van der Waals surface area contributed by atoms with Crippen molar-refractivity contribution in [1.29, 1.82) is 0 Å². The largest absolute Gasteiger partial charge is 0.451 e. The number of rotatable bonds is 8. The van der Waals surface area contributed by atoms with Crippen molar-refractivity contribution < 1.29 is 31.5 Å². The minimum Gasteiger partial charge on any atom is -0.451 e. The van der Waals surface area contributed by atoms with Gasteiger partial charge in [-0.1, -0.05) is 0 Å². The summed E-state index contributed by atoms with van der Waals surface area (Å²) in [5.41, 5.74) is 0.292. The number of sulfonamides is 1. The van der Waals surface area contributed by atoms with E-state index in [1.54, 1.807) is 0 Å². The van der Waals surface area contributed by atoms with E-state index in [4.69, 9.17) is 4.74 Å². The summed E-state index contributed by atoms with van der Waals surface area (Å²) in [7, 11) is -3.45. The van der Waals surface area contributed by atoms with Crippen LogP contribution in [0.5, 0.6) is 0 Å². The number of nitrogens with one attached hydrogen (secondary N) is 1. The number of aromatic nitrogens is 1. The molecule has 0 aliphatic rings. The number of nitrogens with zero attached hydrogens (tertiary/aromatic N) is 1. The molecule has 0 saturated heterocycles. The predicted octanol–water partition coefficient (Wildman–Crippen LogP) is 3.20. The van der Waals surface area contributed by atoms with Gasteiger partial charge in [-0.25, -0.2) is 18.2 Å². The molecule has 1 atom stereocenters. The Kier molecular flexibility index (Phi) is 7.08. The van der Waals surface area contributed by atoms with Crippen molar-refractivity contribution in [2.75, 3.05) is 11.0 Å². The third-order valence-electron chi connectivity index (χ3n) is 3.32. The highest BCUT2D eigenvalue weighted by atomic mass is 32.2. The van der Waals surface area contributed by atoms with Gasteiger partial charge in [0, 0.05) is 17.4 Å². The maximum absolute atomic E-state index is 12.6.